The number of pyridine rings is 1. The number of nitrogens with zero attached hydrogens (tertiary/aromatic N) is 3. The largest absolute Gasteiger partial charge is 0.352 e. The summed E-state index contributed by atoms with van der Waals surface area (Å²) in [5.41, 5.74) is 1.08. The zero-order valence-corrected chi connectivity index (χ0v) is 16.0. The fraction of sp³-hybridized carbons (Fsp3) is 0.667. The summed E-state index contributed by atoms with van der Waals surface area (Å²) in [5.74, 6) is 0.940. The highest BCUT2D eigenvalue weighted by atomic mass is 16.2. The molecule has 146 valence electrons. The van der Waals surface area contributed by atoms with Gasteiger partial charge in [-0.05, 0) is 62.8 Å². The Labute approximate surface area is 161 Å². The van der Waals surface area contributed by atoms with E-state index in [4.69, 9.17) is 0 Å². The number of hydrogen-bond acceptors (Lipinski definition) is 4. The second-order valence-corrected chi connectivity index (χ2v) is 8.24. The first-order valence-electron chi connectivity index (χ1n) is 10.4. The number of amides is 2. The third-order valence-electron chi connectivity index (χ3n) is 6.26. The van der Waals surface area contributed by atoms with Crippen LogP contribution >= 0.6 is 0 Å². The number of likely N-dealkylation sites (tertiary alicyclic amines) is 2. The van der Waals surface area contributed by atoms with Gasteiger partial charge in [0.2, 0.25) is 11.8 Å². The standard InChI is InChI=1S/C21H30N4O2/c26-20(23-14-16-5-9-22-10-6-16)18-2-1-11-25(15-18)19-7-12-24(13-8-19)21(27)17-3-4-17/h5-6,9-10,17-19H,1-4,7-8,11-15H2,(H,23,26). The van der Waals surface area contributed by atoms with Gasteiger partial charge in [0, 0.05) is 50.5 Å². The van der Waals surface area contributed by atoms with Crippen molar-refractivity contribution in [2.24, 2.45) is 11.8 Å². The van der Waals surface area contributed by atoms with E-state index >= 15 is 0 Å². The van der Waals surface area contributed by atoms with Gasteiger partial charge in [-0.15, -0.1) is 0 Å². The van der Waals surface area contributed by atoms with E-state index in [2.05, 4.69) is 20.1 Å². The Hall–Kier alpha value is -1.95. The molecule has 3 fully saturated rings. The van der Waals surface area contributed by atoms with Gasteiger partial charge >= 0.3 is 0 Å². The molecule has 1 aromatic rings. The number of hydrogen-bond donors (Lipinski definition) is 1. The monoisotopic (exact) mass is 370 g/mol. The molecule has 1 aromatic heterocycles. The Kier molecular flexibility index (Phi) is 5.72. The zero-order chi connectivity index (χ0) is 18.6. The molecule has 0 radical (unpaired) electrons. The summed E-state index contributed by atoms with van der Waals surface area (Å²) in [6.07, 6.45) is 9.82. The number of piperidine rings is 2. The van der Waals surface area contributed by atoms with Gasteiger partial charge in [-0.25, -0.2) is 0 Å². The maximum absolute atomic E-state index is 12.6. The van der Waals surface area contributed by atoms with Crippen LogP contribution in [0.25, 0.3) is 0 Å². The zero-order valence-electron chi connectivity index (χ0n) is 16.0. The average Bonchev–Trinajstić information content (AvgIpc) is 3.58. The highest BCUT2D eigenvalue weighted by Gasteiger charge is 2.37. The molecule has 1 unspecified atom stereocenters. The van der Waals surface area contributed by atoms with Gasteiger partial charge in [0.05, 0.1) is 5.92 Å². The van der Waals surface area contributed by atoms with E-state index in [0.29, 0.717) is 24.4 Å². The van der Waals surface area contributed by atoms with Gasteiger partial charge in [-0.1, -0.05) is 0 Å². The Balaban J connectivity index is 1.24. The molecule has 1 atom stereocenters. The van der Waals surface area contributed by atoms with E-state index < -0.39 is 0 Å². The number of rotatable bonds is 5. The first-order valence-corrected chi connectivity index (χ1v) is 10.4. The SMILES string of the molecule is O=C(NCc1ccncc1)C1CCCN(C2CCN(C(=O)C3CC3)CC2)C1. The minimum Gasteiger partial charge on any atom is -0.352 e. The van der Waals surface area contributed by atoms with Crippen molar-refractivity contribution in [1.29, 1.82) is 0 Å². The molecule has 4 rings (SSSR count). The number of carbonyl (C=O) groups excluding carboxylic acids is 2. The quantitative estimate of drug-likeness (QED) is 0.859. The van der Waals surface area contributed by atoms with Crippen LogP contribution in [0.5, 0.6) is 0 Å². The van der Waals surface area contributed by atoms with Crippen molar-refractivity contribution in [1.82, 2.24) is 20.1 Å². The molecular formula is C21H30N4O2. The molecule has 27 heavy (non-hydrogen) atoms. The van der Waals surface area contributed by atoms with E-state index in [0.717, 1.165) is 70.3 Å². The third kappa shape index (κ3) is 4.67. The molecular weight excluding hydrogens is 340 g/mol. The topological polar surface area (TPSA) is 65.5 Å². The van der Waals surface area contributed by atoms with Crippen molar-refractivity contribution in [3.63, 3.8) is 0 Å². The fourth-order valence-corrected chi connectivity index (χ4v) is 4.43. The summed E-state index contributed by atoms with van der Waals surface area (Å²) in [6.45, 7) is 4.27. The van der Waals surface area contributed by atoms with E-state index in [1.807, 2.05) is 12.1 Å². The Morgan fingerprint density at radius 3 is 2.44 bits per heavy atom. The molecule has 0 spiro atoms. The lowest BCUT2D eigenvalue weighted by molar-refractivity contribution is -0.134. The summed E-state index contributed by atoms with van der Waals surface area (Å²) in [7, 11) is 0. The molecule has 1 saturated carbocycles. The predicted molar refractivity (Wildman–Crippen MR) is 103 cm³/mol. The van der Waals surface area contributed by atoms with Crippen molar-refractivity contribution in [3.05, 3.63) is 30.1 Å². The molecule has 2 amide bonds. The number of nitrogens with one attached hydrogen (secondary N) is 1. The van der Waals surface area contributed by atoms with Crippen molar-refractivity contribution in [2.45, 2.75) is 51.1 Å². The van der Waals surface area contributed by atoms with E-state index in [9.17, 15) is 9.59 Å². The van der Waals surface area contributed by atoms with Gasteiger partial charge in [0.15, 0.2) is 0 Å². The maximum Gasteiger partial charge on any atom is 0.225 e. The molecule has 3 aliphatic rings. The van der Waals surface area contributed by atoms with Gasteiger partial charge < -0.3 is 10.2 Å². The van der Waals surface area contributed by atoms with Crippen LogP contribution in [0.3, 0.4) is 0 Å². The lowest BCUT2D eigenvalue weighted by Gasteiger charge is -2.42. The van der Waals surface area contributed by atoms with Crippen molar-refractivity contribution in [2.75, 3.05) is 26.2 Å². The Morgan fingerprint density at radius 2 is 1.74 bits per heavy atom. The molecule has 1 N–H and O–H groups in total. The molecule has 6 heteroatoms. The van der Waals surface area contributed by atoms with Gasteiger partial charge in [0.25, 0.3) is 0 Å². The van der Waals surface area contributed by atoms with Crippen LogP contribution in [0.15, 0.2) is 24.5 Å². The van der Waals surface area contributed by atoms with Crippen LogP contribution in [0, 0.1) is 11.8 Å². The van der Waals surface area contributed by atoms with Crippen LogP contribution in [-0.4, -0.2) is 58.8 Å². The fourth-order valence-electron chi connectivity index (χ4n) is 4.43. The lowest BCUT2D eigenvalue weighted by Crippen LogP contribution is -2.51. The van der Waals surface area contributed by atoms with E-state index in [-0.39, 0.29) is 11.8 Å². The van der Waals surface area contributed by atoms with Crippen LogP contribution in [-0.2, 0) is 16.1 Å². The van der Waals surface area contributed by atoms with Crippen LogP contribution < -0.4 is 5.32 Å². The summed E-state index contributed by atoms with van der Waals surface area (Å²) in [6, 6.07) is 4.39. The minimum atomic E-state index is 0.0757. The highest BCUT2D eigenvalue weighted by molar-refractivity contribution is 5.81. The smallest absolute Gasteiger partial charge is 0.225 e. The Morgan fingerprint density at radius 1 is 1.00 bits per heavy atom. The summed E-state index contributed by atoms with van der Waals surface area (Å²) in [4.78, 5) is 33.4. The maximum atomic E-state index is 12.6. The van der Waals surface area contributed by atoms with Gasteiger partial charge in [-0.3, -0.25) is 19.5 Å². The normalized spacial score (nSPS) is 24.6. The van der Waals surface area contributed by atoms with Crippen LogP contribution in [0.2, 0.25) is 0 Å². The van der Waals surface area contributed by atoms with Crippen LogP contribution in [0.4, 0.5) is 0 Å². The molecule has 1 aliphatic carbocycles. The molecule has 3 heterocycles. The lowest BCUT2D eigenvalue weighted by atomic mass is 9.93. The molecule has 0 aromatic carbocycles. The second kappa shape index (κ2) is 8.38. The summed E-state index contributed by atoms with van der Waals surface area (Å²) in [5, 5.41) is 3.09. The van der Waals surface area contributed by atoms with Gasteiger partial charge in [0.1, 0.15) is 0 Å². The summed E-state index contributed by atoms with van der Waals surface area (Å²) < 4.78 is 0. The highest BCUT2D eigenvalue weighted by Crippen LogP contribution is 2.32. The molecule has 2 saturated heterocycles. The van der Waals surface area contributed by atoms with Gasteiger partial charge in [-0.2, -0.15) is 0 Å². The van der Waals surface area contributed by atoms with E-state index in [1.54, 1.807) is 12.4 Å². The summed E-state index contributed by atoms with van der Waals surface area (Å²) >= 11 is 0. The van der Waals surface area contributed by atoms with Crippen molar-refractivity contribution in [3.8, 4) is 0 Å². The third-order valence-corrected chi connectivity index (χ3v) is 6.26. The first-order chi connectivity index (χ1) is 13.2. The average molecular weight is 370 g/mol. The number of aromatic nitrogens is 1. The van der Waals surface area contributed by atoms with Crippen molar-refractivity contribution < 1.29 is 9.59 Å². The number of carbonyl (C=O) groups is 2. The second-order valence-electron chi connectivity index (χ2n) is 8.24. The van der Waals surface area contributed by atoms with E-state index in [1.165, 1.54) is 0 Å². The minimum absolute atomic E-state index is 0.0757. The molecule has 2 aliphatic heterocycles. The first kappa shape index (κ1) is 18.4. The van der Waals surface area contributed by atoms with Crippen LogP contribution in [0.1, 0.15) is 44.1 Å². The predicted octanol–water partition coefficient (Wildman–Crippen LogP) is 1.81. The molecule has 0 bridgehead atoms. The Bertz CT molecular complexity index is 653. The molecule has 6 nitrogen and oxygen atoms in total. The van der Waals surface area contributed by atoms with Crippen molar-refractivity contribution >= 4 is 11.8 Å².